The van der Waals surface area contributed by atoms with Crippen LogP contribution < -0.4 is 10.3 Å². The van der Waals surface area contributed by atoms with Gasteiger partial charge in [-0.3, -0.25) is 10.2 Å². The average molecular weight is 441 g/mol. The second-order valence-electron chi connectivity index (χ2n) is 6.61. The van der Waals surface area contributed by atoms with Crippen molar-refractivity contribution >= 4 is 38.3 Å². The normalized spacial score (nSPS) is 11.6. The Labute approximate surface area is 178 Å². The van der Waals surface area contributed by atoms with Crippen molar-refractivity contribution in [3.8, 4) is 10.7 Å². The molecule has 2 heterocycles. The Hall–Kier alpha value is -3.01. The average Bonchev–Trinajstić information content (AvgIpc) is 3.38. The van der Waals surface area contributed by atoms with Gasteiger partial charge in [0.25, 0.3) is 15.9 Å². The van der Waals surface area contributed by atoms with Crippen molar-refractivity contribution in [2.45, 2.75) is 24.8 Å². The summed E-state index contributed by atoms with van der Waals surface area (Å²) in [7, 11) is -3.83. The second-order valence-corrected chi connectivity index (χ2v) is 9.38. The SMILES string of the molecule is CCCn1c(-c2ccc(C(=O)NNS(=O)(=O)c3ccccc3)s2)nc2ccccc21. The molecule has 0 radical (unpaired) electrons. The number of hydrazine groups is 1. The number of carbonyl (C=O) groups excluding carboxylic acids is 1. The number of aromatic nitrogens is 2. The second kappa shape index (κ2) is 8.39. The molecule has 9 heteroatoms. The number of hydrogen-bond donors (Lipinski definition) is 2. The highest BCUT2D eigenvalue weighted by Gasteiger charge is 2.18. The third kappa shape index (κ3) is 4.00. The molecule has 0 bridgehead atoms. The lowest BCUT2D eigenvalue weighted by atomic mass is 10.3. The lowest BCUT2D eigenvalue weighted by Crippen LogP contribution is -2.41. The molecule has 2 N–H and O–H groups in total. The van der Waals surface area contributed by atoms with Crippen molar-refractivity contribution in [3.05, 3.63) is 71.6 Å². The molecule has 0 atom stereocenters. The molecule has 0 saturated carbocycles. The van der Waals surface area contributed by atoms with E-state index in [2.05, 4.69) is 21.7 Å². The van der Waals surface area contributed by atoms with E-state index in [1.165, 1.54) is 23.5 Å². The van der Waals surface area contributed by atoms with Crippen LogP contribution in [0.3, 0.4) is 0 Å². The first-order valence-corrected chi connectivity index (χ1v) is 11.7. The summed E-state index contributed by atoms with van der Waals surface area (Å²) in [6.45, 7) is 2.91. The van der Waals surface area contributed by atoms with Gasteiger partial charge in [-0.1, -0.05) is 37.3 Å². The number of nitrogens with one attached hydrogen (secondary N) is 2. The fourth-order valence-electron chi connectivity index (χ4n) is 3.13. The molecule has 0 saturated heterocycles. The van der Waals surface area contributed by atoms with Gasteiger partial charge in [0.2, 0.25) is 0 Å². The number of amides is 1. The van der Waals surface area contributed by atoms with E-state index in [1.54, 1.807) is 24.3 Å². The Balaban J connectivity index is 1.55. The fourth-order valence-corrected chi connectivity index (χ4v) is 4.89. The van der Waals surface area contributed by atoms with E-state index in [0.29, 0.717) is 4.88 Å². The number of hydrogen-bond acceptors (Lipinski definition) is 5. The summed E-state index contributed by atoms with van der Waals surface area (Å²) in [5.74, 6) is 0.274. The largest absolute Gasteiger partial charge is 0.323 e. The van der Waals surface area contributed by atoms with Crippen LogP contribution in [0, 0.1) is 0 Å². The van der Waals surface area contributed by atoms with Gasteiger partial charge in [0, 0.05) is 6.54 Å². The van der Waals surface area contributed by atoms with Gasteiger partial charge in [-0.15, -0.1) is 16.2 Å². The van der Waals surface area contributed by atoms with E-state index in [9.17, 15) is 13.2 Å². The van der Waals surface area contributed by atoms with Crippen LogP contribution in [0.4, 0.5) is 0 Å². The number of thiophene rings is 1. The molecule has 0 unspecified atom stereocenters. The maximum absolute atomic E-state index is 12.5. The van der Waals surface area contributed by atoms with Crippen molar-refractivity contribution in [2.75, 3.05) is 0 Å². The van der Waals surface area contributed by atoms with Crippen molar-refractivity contribution < 1.29 is 13.2 Å². The van der Waals surface area contributed by atoms with Gasteiger partial charge < -0.3 is 4.57 Å². The molecule has 30 heavy (non-hydrogen) atoms. The molecular formula is C21H20N4O3S2. The molecule has 0 spiro atoms. The summed E-state index contributed by atoms with van der Waals surface area (Å²) in [5.41, 5.74) is 4.22. The molecule has 7 nitrogen and oxygen atoms in total. The molecule has 154 valence electrons. The van der Waals surface area contributed by atoms with Crippen LogP contribution in [0.1, 0.15) is 23.0 Å². The molecule has 1 amide bonds. The zero-order valence-corrected chi connectivity index (χ0v) is 17.8. The summed E-state index contributed by atoms with van der Waals surface area (Å²) in [5, 5.41) is 0. The fraction of sp³-hybridized carbons (Fsp3) is 0.143. The molecule has 0 aliphatic carbocycles. The van der Waals surface area contributed by atoms with E-state index in [0.717, 1.165) is 34.7 Å². The quantitative estimate of drug-likeness (QED) is 0.428. The lowest BCUT2D eigenvalue weighted by molar-refractivity contribution is 0.0949. The minimum atomic E-state index is -3.83. The highest BCUT2D eigenvalue weighted by atomic mass is 32.2. The number of nitrogens with zero attached hydrogens (tertiary/aromatic N) is 2. The molecule has 0 aliphatic rings. The number of aryl methyl sites for hydroxylation is 1. The first kappa shape index (κ1) is 20.3. The molecular weight excluding hydrogens is 420 g/mol. The van der Waals surface area contributed by atoms with Crippen LogP contribution in [0.5, 0.6) is 0 Å². The molecule has 4 aromatic rings. The monoisotopic (exact) mass is 440 g/mol. The van der Waals surface area contributed by atoms with Gasteiger partial charge >= 0.3 is 0 Å². The Kier molecular flexibility index (Phi) is 5.67. The Bertz CT molecular complexity index is 1290. The van der Waals surface area contributed by atoms with Crippen LogP contribution in [-0.4, -0.2) is 23.9 Å². The number of sulfonamides is 1. The zero-order valence-electron chi connectivity index (χ0n) is 16.2. The number of fused-ring (bicyclic) bond motifs is 1. The minimum absolute atomic E-state index is 0.0745. The number of carbonyl (C=O) groups is 1. The maximum atomic E-state index is 12.5. The van der Waals surface area contributed by atoms with E-state index < -0.39 is 15.9 Å². The van der Waals surface area contributed by atoms with Crippen molar-refractivity contribution in [2.24, 2.45) is 0 Å². The molecule has 0 fully saturated rings. The van der Waals surface area contributed by atoms with E-state index in [-0.39, 0.29) is 4.90 Å². The third-order valence-electron chi connectivity index (χ3n) is 4.50. The van der Waals surface area contributed by atoms with E-state index in [1.807, 2.05) is 30.3 Å². The van der Waals surface area contributed by atoms with Crippen LogP contribution in [0.15, 0.2) is 71.6 Å². The maximum Gasteiger partial charge on any atom is 0.276 e. The van der Waals surface area contributed by atoms with Crippen molar-refractivity contribution in [1.82, 2.24) is 19.8 Å². The van der Waals surface area contributed by atoms with E-state index >= 15 is 0 Å². The standard InChI is InChI=1S/C21H20N4O3S2/c1-2-14-25-17-11-7-6-10-16(17)22-20(25)18-12-13-19(29-18)21(26)23-24-30(27,28)15-8-4-3-5-9-15/h3-13,24H,2,14H2,1H3,(H,23,26). The summed E-state index contributed by atoms with van der Waals surface area (Å²) < 4.78 is 26.7. The van der Waals surface area contributed by atoms with E-state index in [4.69, 9.17) is 4.98 Å². The van der Waals surface area contributed by atoms with Crippen LogP contribution in [0.2, 0.25) is 0 Å². The molecule has 2 aromatic carbocycles. The lowest BCUT2D eigenvalue weighted by Gasteiger charge is -2.07. The number of para-hydroxylation sites is 2. The summed E-state index contributed by atoms with van der Waals surface area (Å²) in [6.07, 6.45) is 0.952. The van der Waals surface area contributed by atoms with Crippen LogP contribution >= 0.6 is 11.3 Å². The molecule has 4 rings (SSSR count). The van der Waals surface area contributed by atoms with Gasteiger partial charge in [-0.05, 0) is 42.8 Å². The van der Waals surface area contributed by atoms with Crippen LogP contribution in [0.25, 0.3) is 21.7 Å². The number of benzene rings is 2. The predicted molar refractivity (Wildman–Crippen MR) is 118 cm³/mol. The Morgan fingerprint density at radius 2 is 1.77 bits per heavy atom. The third-order valence-corrected chi connectivity index (χ3v) is 6.85. The van der Waals surface area contributed by atoms with Crippen LogP contribution in [-0.2, 0) is 16.6 Å². The zero-order chi connectivity index (χ0) is 21.1. The topological polar surface area (TPSA) is 93.1 Å². The van der Waals surface area contributed by atoms with Gasteiger partial charge in [0.15, 0.2) is 5.82 Å². The van der Waals surface area contributed by atoms with Crippen molar-refractivity contribution in [3.63, 3.8) is 0 Å². The first-order valence-electron chi connectivity index (χ1n) is 9.42. The highest BCUT2D eigenvalue weighted by Crippen LogP contribution is 2.30. The predicted octanol–water partition coefficient (Wildman–Crippen LogP) is 3.80. The van der Waals surface area contributed by atoms with Crippen molar-refractivity contribution in [1.29, 1.82) is 0 Å². The molecule has 0 aliphatic heterocycles. The van der Waals surface area contributed by atoms with Gasteiger partial charge in [0.1, 0.15) is 0 Å². The summed E-state index contributed by atoms with van der Waals surface area (Å²) in [6, 6.07) is 19.3. The van der Waals surface area contributed by atoms with Gasteiger partial charge in [-0.2, -0.15) is 0 Å². The van der Waals surface area contributed by atoms with Gasteiger partial charge in [-0.25, -0.2) is 13.4 Å². The minimum Gasteiger partial charge on any atom is -0.323 e. The molecule has 2 aromatic heterocycles. The number of rotatable bonds is 7. The smallest absolute Gasteiger partial charge is 0.276 e. The Morgan fingerprint density at radius 3 is 2.53 bits per heavy atom. The first-order chi connectivity index (χ1) is 14.5. The number of imidazole rings is 1. The van der Waals surface area contributed by atoms with Gasteiger partial charge in [0.05, 0.1) is 25.7 Å². The summed E-state index contributed by atoms with van der Waals surface area (Å²) >= 11 is 1.27. The highest BCUT2D eigenvalue weighted by molar-refractivity contribution is 7.89. The summed E-state index contributed by atoms with van der Waals surface area (Å²) in [4.78, 5) is 20.7. The Morgan fingerprint density at radius 1 is 1.03 bits per heavy atom.